The maximum Gasteiger partial charge on any atom is 0.290 e. The number of hydrogen-bond donors (Lipinski definition) is 2. The van der Waals surface area contributed by atoms with Crippen LogP contribution in [0.3, 0.4) is 0 Å². The smallest absolute Gasteiger partial charge is 0.290 e. The van der Waals surface area contributed by atoms with E-state index < -0.39 is 11.1 Å². The number of likely N-dealkylation sites (N-methyl/N-ethyl adjacent to an activating group) is 1. The molecule has 1 saturated heterocycles. The molecule has 2 N–H and O–H groups in total. The number of imide groups is 1. The summed E-state index contributed by atoms with van der Waals surface area (Å²) in [5, 5.41) is 10.7. The van der Waals surface area contributed by atoms with E-state index in [1.807, 2.05) is 0 Å². The van der Waals surface area contributed by atoms with Gasteiger partial charge in [0.15, 0.2) is 0 Å². The van der Waals surface area contributed by atoms with Crippen LogP contribution in [-0.2, 0) is 4.79 Å². The number of amides is 2. The third kappa shape index (κ3) is 3.47. The Labute approximate surface area is 124 Å². The zero-order valence-corrected chi connectivity index (χ0v) is 12.0. The third-order valence-corrected chi connectivity index (χ3v) is 3.43. The van der Waals surface area contributed by atoms with Gasteiger partial charge in [-0.05, 0) is 29.4 Å². The Balaban J connectivity index is 2.31. The lowest BCUT2D eigenvalue weighted by molar-refractivity contribution is -0.115. The van der Waals surface area contributed by atoms with Crippen LogP contribution in [0.4, 0.5) is 10.6 Å². The first-order chi connectivity index (χ1) is 9.49. The number of aliphatic hydroxyl groups is 1. The Kier molecular flexibility index (Phi) is 4.58. The van der Waals surface area contributed by atoms with Crippen LogP contribution in [0.5, 0.6) is 0 Å². The normalized spacial score (nSPS) is 16.6. The molecule has 0 atom stereocenters. The van der Waals surface area contributed by atoms with Crippen molar-refractivity contribution in [2.45, 2.75) is 0 Å². The van der Waals surface area contributed by atoms with Gasteiger partial charge in [0.2, 0.25) is 5.28 Å². The van der Waals surface area contributed by atoms with Gasteiger partial charge in [-0.1, -0.05) is 0 Å². The molecule has 0 aliphatic carbocycles. The predicted molar refractivity (Wildman–Crippen MR) is 76.5 cm³/mol. The average molecular weight is 315 g/mol. The monoisotopic (exact) mass is 314 g/mol. The number of aliphatic hydroxyl groups excluding tert-OH is 1. The van der Waals surface area contributed by atoms with E-state index in [2.05, 4.69) is 15.3 Å². The summed E-state index contributed by atoms with van der Waals surface area (Å²) in [4.78, 5) is 32.5. The Morgan fingerprint density at radius 2 is 2.25 bits per heavy atom. The van der Waals surface area contributed by atoms with Gasteiger partial charge in [0, 0.05) is 19.7 Å². The topological polar surface area (TPSA) is 95.4 Å². The van der Waals surface area contributed by atoms with Crippen LogP contribution in [-0.4, -0.2) is 46.4 Å². The van der Waals surface area contributed by atoms with Crippen molar-refractivity contribution >= 4 is 46.4 Å². The highest BCUT2D eigenvalue weighted by atomic mass is 35.5. The number of hydrogen-bond acceptors (Lipinski definition) is 7. The molecule has 1 fully saturated rings. The summed E-state index contributed by atoms with van der Waals surface area (Å²) in [5.41, 5.74) is 0.414. The van der Waals surface area contributed by atoms with Crippen LogP contribution >= 0.6 is 23.4 Å². The van der Waals surface area contributed by atoms with Crippen LogP contribution in [0.25, 0.3) is 6.08 Å². The van der Waals surface area contributed by atoms with Gasteiger partial charge < -0.3 is 10.0 Å². The second kappa shape index (κ2) is 6.21. The molecule has 1 aromatic heterocycles. The number of carbonyl (C=O) groups is 2. The number of thioether (sulfide) groups is 1. The number of nitrogens with one attached hydrogen (secondary N) is 1. The van der Waals surface area contributed by atoms with Crippen molar-refractivity contribution in [3.8, 4) is 0 Å². The van der Waals surface area contributed by atoms with Crippen molar-refractivity contribution in [1.82, 2.24) is 15.3 Å². The molecular weight excluding hydrogens is 304 g/mol. The minimum Gasteiger partial charge on any atom is -0.395 e. The summed E-state index contributed by atoms with van der Waals surface area (Å²) in [5.74, 6) is 0.0561. The highest BCUT2D eigenvalue weighted by Gasteiger charge is 2.25. The van der Waals surface area contributed by atoms with Crippen molar-refractivity contribution in [3.05, 3.63) is 21.9 Å². The first-order valence-electron chi connectivity index (χ1n) is 5.61. The van der Waals surface area contributed by atoms with Gasteiger partial charge in [-0.25, -0.2) is 9.97 Å². The molecule has 0 radical (unpaired) electrons. The Morgan fingerprint density at radius 1 is 1.50 bits per heavy atom. The van der Waals surface area contributed by atoms with Crippen molar-refractivity contribution in [2.75, 3.05) is 25.1 Å². The summed E-state index contributed by atoms with van der Waals surface area (Å²) in [6, 6.07) is 1.62. The maximum atomic E-state index is 11.5. The van der Waals surface area contributed by atoms with Crippen molar-refractivity contribution in [3.63, 3.8) is 0 Å². The van der Waals surface area contributed by atoms with E-state index in [9.17, 15) is 9.59 Å². The van der Waals surface area contributed by atoms with Gasteiger partial charge in [-0.15, -0.1) is 0 Å². The zero-order valence-electron chi connectivity index (χ0n) is 10.5. The van der Waals surface area contributed by atoms with Crippen LogP contribution in [0, 0.1) is 0 Å². The highest BCUT2D eigenvalue weighted by molar-refractivity contribution is 8.18. The van der Waals surface area contributed by atoms with Gasteiger partial charge in [0.05, 0.1) is 17.2 Å². The second-order valence-corrected chi connectivity index (χ2v) is 5.27. The van der Waals surface area contributed by atoms with E-state index >= 15 is 0 Å². The van der Waals surface area contributed by atoms with Gasteiger partial charge in [0.1, 0.15) is 5.82 Å². The van der Waals surface area contributed by atoms with Crippen LogP contribution in [0.1, 0.15) is 5.69 Å². The molecule has 2 amide bonds. The SMILES string of the molecule is CN(CCO)c1cc(/C=C2/SC(=O)NC2=O)nc(Cl)n1. The van der Waals surface area contributed by atoms with Gasteiger partial charge in [-0.2, -0.15) is 0 Å². The minimum atomic E-state index is -0.458. The Morgan fingerprint density at radius 3 is 2.85 bits per heavy atom. The summed E-state index contributed by atoms with van der Waals surface area (Å²) >= 11 is 6.63. The molecular formula is C11H11ClN4O3S. The quantitative estimate of drug-likeness (QED) is 0.629. The molecule has 2 rings (SSSR count). The number of aromatic nitrogens is 2. The number of nitrogens with zero attached hydrogens (tertiary/aromatic N) is 3. The van der Waals surface area contributed by atoms with Gasteiger partial charge in [-0.3, -0.25) is 14.9 Å². The number of rotatable bonds is 4. The predicted octanol–water partition coefficient (Wildman–Crippen LogP) is 0.882. The number of carbonyl (C=O) groups excluding carboxylic acids is 2. The van der Waals surface area contributed by atoms with Crippen molar-refractivity contribution < 1.29 is 14.7 Å². The summed E-state index contributed by atoms with van der Waals surface area (Å²) in [6.45, 7) is 0.360. The molecule has 0 saturated carbocycles. The van der Waals surface area contributed by atoms with E-state index in [1.165, 1.54) is 6.08 Å². The fourth-order valence-corrected chi connectivity index (χ4v) is 2.36. The van der Waals surface area contributed by atoms with Gasteiger partial charge in [0.25, 0.3) is 11.1 Å². The first-order valence-corrected chi connectivity index (χ1v) is 6.80. The van der Waals surface area contributed by atoms with Crippen molar-refractivity contribution in [1.29, 1.82) is 0 Å². The lowest BCUT2D eigenvalue weighted by Gasteiger charge is -2.16. The molecule has 1 aliphatic rings. The highest BCUT2D eigenvalue weighted by Crippen LogP contribution is 2.26. The summed E-state index contributed by atoms with van der Waals surface area (Å²) < 4.78 is 0. The molecule has 2 heterocycles. The van der Waals surface area contributed by atoms with E-state index in [-0.39, 0.29) is 16.8 Å². The molecule has 1 aliphatic heterocycles. The van der Waals surface area contributed by atoms with Crippen LogP contribution in [0.15, 0.2) is 11.0 Å². The molecule has 7 nitrogen and oxygen atoms in total. The molecule has 106 valence electrons. The number of halogens is 1. The molecule has 1 aromatic rings. The fraction of sp³-hybridized carbons (Fsp3) is 0.273. The first kappa shape index (κ1) is 14.8. The van der Waals surface area contributed by atoms with E-state index in [0.717, 1.165) is 11.8 Å². The fourth-order valence-electron chi connectivity index (χ4n) is 1.51. The molecule has 0 aromatic carbocycles. The number of anilines is 1. The molecule has 20 heavy (non-hydrogen) atoms. The third-order valence-electron chi connectivity index (χ3n) is 2.45. The summed E-state index contributed by atoms with van der Waals surface area (Å²) in [6.07, 6.45) is 1.47. The molecule has 0 spiro atoms. The zero-order chi connectivity index (χ0) is 14.7. The van der Waals surface area contributed by atoms with E-state index in [4.69, 9.17) is 16.7 Å². The second-order valence-electron chi connectivity index (χ2n) is 3.92. The molecule has 0 unspecified atom stereocenters. The van der Waals surface area contributed by atoms with E-state index in [0.29, 0.717) is 18.1 Å². The van der Waals surface area contributed by atoms with Crippen LogP contribution < -0.4 is 10.2 Å². The van der Waals surface area contributed by atoms with Gasteiger partial charge >= 0.3 is 0 Å². The largest absolute Gasteiger partial charge is 0.395 e. The average Bonchev–Trinajstić information content (AvgIpc) is 2.67. The summed E-state index contributed by atoms with van der Waals surface area (Å²) in [7, 11) is 1.74. The van der Waals surface area contributed by atoms with Crippen LogP contribution in [0.2, 0.25) is 5.28 Å². The molecule has 9 heteroatoms. The van der Waals surface area contributed by atoms with E-state index in [1.54, 1.807) is 18.0 Å². The Hall–Kier alpha value is -1.64. The lowest BCUT2D eigenvalue weighted by Crippen LogP contribution is -2.22. The molecule has 0 bridgehead atoms. The van der Waals surface area contributed by atoms with Crippen molar-refractivity contribution in [2.24, 2.45) is 0 Å². The minimum absolute atomic E-state index is 0.0221. The standard InChI is InChI=1S/C11H11ClN4O3S/c1-16(2-3-17)8-5-6(13-10(12)14-8)4-7-9(18)15-11(19)20-7/h4-5,17H,2-3H2,1H3,(H,15,18,19)/b7-4+. The maximum absolute atomic E-state index is 11.5. The lowest BCUT2D eigenvalue weighted by atomic mass is 10.3. The Bertz CT molecular complexity index is 593.